The van der Waals surface area contributed by atoms with E-state index < -0.39 is 24.1 Å². The lowest BCUT2D eigenvalue weighted by molar-refractivity contribution is -0.141. The van der Waals surface area contributed by atoms with Crippen LogP contribution >= 0.6 is 0 Å². The van der Waals surface area contributed by atoms with Crippen LogP contribution in [0.5, 0.6) is 0 Å². The quantitative estimate of drug-likeness (QED) is 0.624. The summed E-state index contributed by atoms with van der Waals surface area (Å²) in [5.74, 6) is -1.71. The van der Waals surface area contributed by atoms with Crippen molar-refractivity contribution in [3.05, 3.63) is 35.6 Å². The van der Waals surface area contributed by atoms with Gasteiger partial charge in [-0.2, -0.15) is 0 Å². The van der Waals surface area contributed by atoms with Crippen molar-refractivity contribution in [3.63, 3.8) is 0 Å². The Labute approximate surface area is 109 Å². The van der Waals surface area contributed by atoms with Gasteiger partial charge in [0.2, 0.25) is 0 Å². The van der Waals surface area contributed by atoms with E-state index in [1.54, 1.807) is 0 Å². The van der Waals surface area contributed by atoms with Gasteiger partial charge in [0.15, 0.2) is 6.04 Å². The molecule has 0 aliphatic rings. The first-order valence-corrected chi connectivity index (χ1v) is 5.60. The molecule has 0 aliphatic heterocycles. The summed E-state index contributed by atoms with van der Waals surface area (Å²) < 4.78 is 12.6. The second-order valence-electron chi connectivity index (χ2n) is 4.01. The van der Waals surface area contributed by atoms with Crippen molar-refractivity contribution in [2.45, 2.75) is 25.6 Å². The smallest absolute Gasteiger partial charge is 0.328 e. The number of carboxylic acids is 1. The Morgan fingerprint density at radius 2 is 1.89 bits per heavy atom. The maximum Gasteiger partial charge on any atom is 0.328 e. The van der Waals surface area contributed by atoms with Crippen LogP contribution in [0, 0.1) is 5.82 Å². The van der Waals surface area contributed by atoms with Gasteiger partial charge in [0, 0.05) is 6.54 Å². The first kappa shape index (κ1) is 14.9. The van der Waals surface area contributed by atoms with Gasteiger partial charge in [0.25, 0.3) is 0 Å². The Kier molecular flexibility index (Phi) is 5.25. The zero-order chi connectivity index (χ0) is 14.4. The molecule has 2 amide bonds. The standard InChI is InChI=1S/C12H15FN2O4/c1-7(16)10(11(17)18)15-12(19)14-6-8-2-4-9(13)5-3-8/h2-5,7,10,16H,6H2,1H3,(H,17,18)(H2,14,15,19)/t7-,10+/m1/s1. The third-order valence-corrected chi connectivity index (χ3v) is 2.40. The summed E-state index contributed by atoms with van der Waals surface area (Å²) in [4.78, 5) is 22.2. The monoisotopic (exact) mass is 270 g/mol. The van der Waals surface area contributed by atoms with Gasteiger partial charge in [-0.05, 0) is 24.6 Å². The van der Waals surface area contributed by atoms with Crippen molar-refractivity contribution in [1.82, 2.24) is 10.6 Å². The minimum absolute atomic E-state index is 0.123. The predicted octanol–water partition coefficient (Wildman–Crippen LogP) is 0.459. The van der Waals surface area contributed by atoms with Crippen molar-refractivity contribution in [3.8, 4) is 0 Å². The highest BCUT2D eigenvalue weighted by Gasteiger charge is 2.24. The van der Waals surface area contributed by atoms with Gasteiger partial charge in [-0.3, -0.25) is 0 Å². The van der Waals surface area contributed by atoms with Crippen LogP contribution in [0.25, 0.3) is 0 Å². The Bertz CT molecular complexity index is 448. The molecule has 19 heavy (non-hydrogen) atoms. The van der Waals surface area contributed by atoms with Crippen LogP contribution in [0.3, 0.4) is 0 Å². The molecule has 0 saturated carbocycles. The first-order valence-electron chi connectivity index (χ1n) is 5.60. The van der Waals surface area contributed by atoms with Crippen LogP contribution in [-0.2, 0) is 11.3 Å². The molecular weight excluding hydrogens is 255 g/mol. The summed E-state index contributed by atoms with van der Waals surface area (Å²) in [6.45, 7) is 1.39. The largest absolute Gasteiger partial charge is 0.480 e. The predicted molar refractivity (Wildman–Crippen MR) is 64.9 cm³/mol. The van der Waals surface area contributed by atoms with E-state index >= 15 is 0 Å². The Hall–Kier alpha value is -2.15. The number of hydrogen-bond donors (Lipinski definition) is 4. The molecule has 0 unspecified atom stereocenters. The molecule has 7 heteroatoms. The molecule has 0 radical (unpaired) electrons. The van der Waals surface area contributed by atoms with Gasteiger partial charge in [-0.15, -0.1) is 0 Å². The number of aliphatic hydroxyl groups is 1. The summed E-state index contributed by atoms with van der Waals surface area (Å²) in [6.07, 6.45) is -1.21. The van der Waals surface area contributed by atoms with Crippen LogP contribution in [0.1, 0.15) is 12.5 Å². The normalized spacial score (nSPS) is 13.4. The molecule has 1 aromatic rings. The number of benzene rings is 1. The number of rotatable bonds is 5. The topological polar surface area (TPSA) is 98.7 Å². The molecule has 0 saturated heterocycles. The average Bonchev–Trinajstić information content (AvgIpc) is 2.34. The van der Waals surface area contributed by atoms with E-state index in [-0.39, 0.29) is 12.4 Å². The molecule has 4 N–H and O–H groups in total. The second kappa shape index (κ2) is 6.69. The number of amides is 2. The van der Waals surface area contributed by atoms with E-state index in [1.165, 1.54) is 31.2 Å². The van der Waals surface area contributed by atoms with Crippen LogP contribution in [0.2, 0.25) is 0 Å². The molecule has 1 rings (SSSR count). The van der Waals surface area contributed by atoms with Gasteiger partial charge in [-0.1, -0.05) is 12.1 Å². The fourth-order valence-corrected chi connectivity index (χ4v) is 1.37. The van der Waals surface area contributed by atoms with Gasteiger partial charge >= 0.3 is 12.0 Å². The maximum atomic E-state index is 12.6. The minimum atomic E-state index is -1.38. The Morgan fingerprint density at radius 1 is 1.32 bits per heavy atom. The summed E-state index contributed by atoms with van der Waals surface area (Å²) >= 11 is 0. The fourth-order valence-electron chi connectivity index (χ4n) is 1.37. The average molecular weight is 270 g/mol. The molecule has 0 spiro atoms. The third-order valence-electron chi connectivity index (χ3n) is 2.40. The molecule has 0 heterocycles. The number of nitrogens with one attached hydrogen (secondary N) is 2. The molecule has 1 aromatic carbocycles. The first-order chi connectivity index (χ1) is 8.90. The van der Waals surface area contributed by atoms with Crippen molar-refractivity contribution in [1.29, 1.82) is 0 Å². The lowest BCUT2D eigenvalue weighted by Gasteiger charge is -2.17. The molecule has 6 nitrogen and oxygen atoms in total. The fraction of sp³-hybridized carbons (Fsp3) is 0.333. The van der Waals surface area contributed by atoms with E-state index in [2.05, 4.69) is 10.6 Å². The summed E-state index contributed by atoms with van der Waals surface area (Å²) in [5.41, 5.74) is 0.667. The molecule has 0 fully saturated rings. The SMILES string of the molecule is C[C@@H](O)[C@H](NC(=O)NCc1ccc(F)cc1)C(=O)O. The molecule has 0 bridgehead atoms. The third kappa shape index (κ3) is 4.92. The van der Waals surface area contributed by atoms with Gasteiger partial charge in [0.1, 0.15) is 5.82 Å². The van der Waals surface area contributed by atoms with Crippen molar-refractivity contribution < 1.29 is 24.2 Å². The highest BCUT2D eigenvalue weighted by atomic mass is 19.1. The summed E-state index contributed by atoms with van der Waals surface area (Å²) in [5, 5.41) is 22.5. The Morgan fingerprint density at radius 3 is 2.37 bits per heavy atom. The van der Waals surface area contributed by atoms with Crippen LogP contribution in [-0.4, -0.2) is 34.4 Å². The number of halogens is 1. The van der Waals surface area contributed by atoms with E-state index in [4.69, 9.17) is 5.11 Å². The summed E-state index contributed by atoms with van der Waals surface area (Å²) in [7, 11) is 0. The van der Waals surface area contributed by atoms with Crippen LogP contribution < -0.4 is 10.6 Å². The number of carbonyl (C=O) groups excluding carboxylic acids is 1. The van der Waals surface area contributed by atoms with E-state index in [9.17, 15) is 19.1 Å². The number of hydrogen-bond acceptors (Lipinski definition) is 3. The molecule has 0 aliphatic carbocycles. The zero-order valence-corrected chi connectivity index (χ0v) is 10.3. The van der Waals surface area contributed by atoms with E-state index in [0.29, 0.717) is 5.56 Å². The number of aliphatic hydroxyl groups excluding tert-OH is 1. The van der Waals surface area contributed by atoms with Crippen molar-refractivity contribution in [2.75, 3.05) is 0 Å². The van der Waals surface area contributed by atoms with E-state index in [1.807, 2.05) is 0 Å². The maximum absolute atomic E-state index is 12.6. The number of carboxylic acid groups (broad SMARTS) is 1. The van der Waals surface area contributed by atoms with Crippen LogP contribution in [0.15, 0.2) is 24.3 Å². The molecule has 104 valence electrons. The Balaban J connectivity index is 2.47. The minimum Gasteiger partial charge on any atom is -0.480 e. The second-order valence-corrected chi connectivity index (χ2v) is 4.01. The molecule has 2 atom stereocenters. The van der Waals surface area contributed by atoms with Gasteiger partial charge < -0.3 is 20.8 Å². The molecule has 0 aromatic heterocycles. The van der Waals surface area contributed by atoms with Crippen molar-refractivity contribution >= 4 is 12.0 Å². The lowest BCUT2D eigenvalue weighted by Crippen LogP contribution is -2.50. The number of urea groups is 1. The lowest BCUT2D eigenvalue weighted by atomic mass is 10.2. The highest BCUT2D eigenvalue weighted by Crippen LogP contribution is 2.02. The van der Waals surface area contributed by atoms with Crippen molar-refractivity contribution in [2.24, 2.45) is 0 Å². The summed E-state index contributed by atoms with van der Waals surface area (Å²) in [6, 6.07) is 3.40. The zero-order valence-electron chi connectivity index (χ0n) is 10.3. The van der Waals surface area contributed by atoms with Crippen LogP contribution in [0.4, 0.5) is 9.18 Å². The molecular formula is C12H15FN2O4. The van der Waals surface area contributed by atoms with E-state index in [0.717, 1.165) is 0 Å². The highest BCUT2D eigenvalue weighted by molar-refractivity contribution is 5.82. The van der Waals surface area contributed by atoms with Gasteiger partial charge in [0.05, 0.1) is 6.10 Å². The number of aliphatic carboxylic acids is 1. The number of carbonyl (C=O) groups is 2. The van der Waals surface area contributed by atoms with Gasteiger partial charge in [-0.25, -0.2) is 14.0 Å².